The largest absolute Gasteiger partial charge is 0.422 e. The summed E-state index contributed by atoms with van der Waals surface area (Å²) in [5.41, 5.74) is -4.11. The van der Waals surface area contributed by atoms with Crippen molar-refractivity contribution in [3.05, 3.63) is 66.0 Å². The zero-order chi connectivity index (χ0) is 27.4. The first-order valence-electron chi connectivity index (χ1n) is 10.3. The number of carbonyl (C=O) groups excluding carboxylic acids is 1. The molecular formula is C21H17F5N6O4S. The summed E-state index contributed by atoms with van der Waals surface area (Å²) in [6.07, 6.45) is -5.76. The molecule has 0 aliphatic carbocycles. The van der Waals surface area contributed by atoms with Crippen molar-refractivity contribution >= 4 is 28.3 Å². The number of aryl methyl sites for hydroxylation is 2. The Balaban J connectivity index is 1.79. The second-order valence-corrected chi connectivity index (χ2v) is 8.75. The summed E-state index contributed by atoms with van der Waals surface area (Å²) < 4.78 is 71.9. The number of aliphatic hydroxyl groups is 1. The van der Waals surface area contributed by atoms with Crippen molar-refractivity contribution in [1.82, 2.24) is 23.5 Å². The first-order valence-corrected chi connectivity index (χ1v) is 11.2. The van der Waals surface area contributed by atoms with E-state index >= 15 is 0 Å². The molecule has 0 unspecified atom stereocenters. The number of amides is 1. The van der Waals surface area contributed by atoms with E-state index in [0.717, 1.165) is 36.5 Å². The molecule has 16 heteroatoms. The fourth-order valence-electron chi connectivity index (χ4n) is 3.84. The van der Waals surface area contributed by atoms with E-state index in [1.807, 2.05) is 0 Å². The van der Waals surface area contributed by atoms with Gasteiger partial charge in [-0.3, -0.25) is 28.0 Å². The quantitative estimate of drug-likeness (QED) is 0.390. The van der Waals surface area contributed by atoms with Gasteiger partial charge in [0.25, 0.3) is 11.5 Å². The van der Waals surface area contributed by atoms with Gasteiger partial charge in [0.05, 0.1) is 17.8 Å². The molecule has 3 aromatic heterocycles. The second kappa shape index (κ2) is 9.19. The lowest BCUT2D eigenvalue weighted by Gasteiger charge is -2.13. The number of hydrogen-bond donors (Lipinski definition) is 1. The minimum atomic E-state index is -5.31. The number of carbonyl (C=O) groups is 1. The van der Waals surface area contributed by atoms with E-state index in [2.05, 4.69) is 10.1 Å². The number of nitrogens with zero attached hydrogens (tertiary/aromatic N) is 6. The van der Waals surface area contributed by atoms with Crippen LogP contribution in [0.5, 0.6) is 0 Å². The van der Waals surface area contributed by atoms with Crippen molar-refractivity contribution in [1.29, 1.82) is 0 Å². The van der Waals surface area contributed by atoms with E-state index in [1.165, 1.54) is 25.8 Å². The third kappa shape index (κ3) is 4.31. The van der Waals surface area contributed by atoms with Crippen LogP contribution in [0.1, 0.15) is 11.3 Å². The van der Waals surface area contributed by atoms with Gasteiger partial charge in [0.2, 0.25) is 0 Å². The van der Waals surface area contributed by atoms with Gasteiger partial charge in [-0.1, -0.05) is 0 Å². The highest BCUT2D eigenvalue weighted by Gasteiger charge is 2.39. The average Bonchev–Trinajstić information content (AvgIpc) is 3.36. The number of aliphatic hydroxyl groups excluding tert-OH is 1. The number of halogens is 5. The van der Waals surface area contributed by atoms with Crippen LogP contribution in [-0.2, 0) is 45.3 Å². The highest BCUT2D eigenvalue weighted by Crippen LogP contribution is 2.37. The molecule has 1 N–H and O–H groups in total. The van der Waals surface area contributed by atoms with Crippen LogP contribution in [-0.4, -0.2) is 34.5 Å². The summed E-state index contributed by atoms with van der Waals surface area (Å²) in [6.45, 7) is -0.888. The van der Waals surface area contributed by atoms with E-state index < -0.39 is 59.2 Å². The van der Waals surface area contributed by atoms with Gasteiger partial charge in [0.15, 0.2) is 10.4 Å². The number of benzene rings is 1. The summed E-state index contributed by atoms with van der Waals surface area (Å²) in [4.78, 5) is 41.3. The first kappa shape index (κ1) is 26.2. The number of alkyl halides is 3. The molecule has 1 aromatic carbocycles. The maximum absolute atomic E-state index is 14.7. The van der Waals surface area contributed by atoms with Crippen LogP contribution in [0.15, 0.2) is 32.1 Å². The van der Waals surface area contributed by atoms with Crippen LogP contribution in [0.25, 0.3) is 22.3 Å². The Bertz CT molecular complexity index is 1760. The average molecular weight is 544 g/mol. The van der Waals surface area contributed by atoms with Gasteiger partial charge < -0.3 is 5.11 Å². The molecule has 10 nitrogen and oxygen atoms in total. The lowest BCUT2D eigenvalue weighted by atomic mass is 10.1. The molecule has 37 heavy (non-hydrogen) atoms. The van der Waals surface area contributed by atoms with Crippen molar-refractivity contribution in [2.45, 2.75) is 19.3 Å². The van der Waals surface area contributed by atoms with E-state index in [4.69, 9.17) is 0 Å². The molecule has 0 aliphatic heterocycles. The maximum Gasteiger partial charge on any atom is 0.422 e. The Morgan fingerprint density at radius 1 is 1.14 bits per heavy atom. The smallest absolute Gasteiger partial charge is 0.376 e. The van der Waals surface area contributed by atoms with Gasteiger partial charge in [0.1, 0.15) is 29.3 Å². The minimum Gasteiger partial charge on any atom is -0.376 e. The molecule has 4 rings (SSSR count). The van der Waals surface area contributed by atoms with Gasteiger partial charge >= 0.3 is 11.9 Å². The SMILES string of the molecule is Cn1nc2c(c1CC(=O)/N=c1\scc(-c3ccc(F)c(C(F)(F)F)c3F)n1CO)c(=O)n(C)c(=O)n2C. The Morgan fingerprint density at radius 2 is 1.81 bits per heavy atom. The Morgan fingerprint density at radius 3 is 2.43 bits per heavy atom. The van der Waals surface area contributed by atoms with Gasteiger partial charge in [-0.05, 0) is 12.1 Å². The molecule has 0 saturated heterocycles. The minimum absolute atomic E-state index is 0.0191. The lowest BCUT2D eigenvalue weighted by Crippen LogP contribution is -2.37. The fourth-order valence-corrected chi connectivity index (χ4v) is 4.75. The summed E-state index contributed by atoms with van der Waals surface area (Å²) in [6, 6.07) is 1.23. The summed E-state index contributed by atoms with van der Waals surface area (Å²) in [5.74, 6) is -4.51. The zero-order valence-electron chi connectivity index (χ0n) is 19.3. The maximum atomic E-state index is 14.7. The Kier molecular flexibility index (Phi) is 6.49. The van der Waals surface area contributed by atoms with Crippen molar-refractivity contribution in [2.75, 3.05) is 0 Å². The van der Waals surface area contributed by atoms with E-state index in [-0.39, 0.29) is 27.2 Å². The summed E-state index contributed by atoms with van der Waals surface area (Å²) >= 11 is 0.721. The molecule has 4 aromatic rings. The summed E-state index contributed by atoms with van der Waals surface area (Å²) in [5, 5.41) is 15.1. The van der Waals surface area contributed by atoms with E-state index in [9.17, 15) is 41.4 Å². The molecule has 0 saturated carbocycles. The number of thiazole rings is 1. The van der Waals surface area contributed by atoms with Gasteiger partial charge in [-0.15, -0.1) is 11.3 Å². The third-order valence-electron chi connectivity index (χ3n) is 5.69. The monoisotopic (exact) mass is 544 g/mol. The van der Waals surface area contributed by atoms with Crippen LogP contribution in [0.4, 0.5) is 22.0 Å². The molecule has 1 amide bonds. The molecule has 0 spiro atoms. The van der Waals surface area contributed by atoms with Crippen LogP contribution in [0.2, 0.25) is 0 Å². The summed E-state index contributed by atoms with van der Waals surface area (Å²) in [7, 11) is 4.13. The second-order valence-electron chi connectivity index (χ2n) is 7.91. The molecule has 0 atom stereocenters. The number of fused-ring (bicyclic) bond motifs is 1. The van der Waals surface area contributed by atoms with Crippen LogP contribution >= 0.6 is 11.3 Å². The topological polar surface area (TPSA) is 116 Å². The highest BCUT2D eigenvalue weighted by molar-refractivity contribution is 7.07. The number of aromatic nitrogens is 5. The molecule has 0 aliphatic rings. The van der Waals surface area contributed by atoms with Gasteiger partial charge in [0, 0.05) is 32.1 Å². The number of rotatable bonds is 4. The Labute approximate surface area is 206 Å². The number of hydrogen-bond acceptors (Lipinski definition) is 6. The highest BCUT2D eigenvalue weighted by atomic mass is 32.1. The molecule has 3 heterocycles. The van der Waals surface area contributed by atoms with Crippen molar-refractivity contribution < 1.29 is 31.9 Å². The third-order valence-corrected chi connectivity index (χ3v) is 6.55. The van der Waals surface area contributed by atoms with Crippen molar-refractivity contribution in [3.8, 4) is 11.3 Å². The van der Waals surface area contributed by atoms with E-state index in [0.29, 0.717) is 6.07 Å². The molecule has 0 radical (unpaired) electrons. The molecular weight excluding hydrogens is 527 g/mol. The Hall–Kier alpha value is -3.92. The molecule has 0 bridgehead atoms. The van der Waals surface area contributed by atoms with Crippen LogP contribution in [0.3, 0.4) is 0 Å². The molecule has 0 fully saturated rings. The first-order chi connectivity index (χ1) is 17.3. The predicted molar refractivity (Wildman–Crippen MR) is 120 cm³/mol. The van der Waals surface area contributed by atoms with Crippen LogP contribution in [0, 0.1) is 11.6 Å². The van der Waals surface area contributed by atoms with Crippen molar-refractivity contribution in [2.24, 2.45) is 26.1 Å². The predicted octanol–water partition coefficient (Wildman–Crippen LogP) is 1.42. The zero-order valence-corrected chi connectivity index (χ0v) is 20.1. The fraction of sp³-hybridized carbons (Fsp3) is 0.286. The van der Waals surface area contributed by atoms with Gasteiger partial charge in [-0.25, -0.2) is 13.6 Å². The normalized spacial score (nSPS) is 12.6. The van der Waals surface area contributed by atoms with Gasteiger partial charge in [-0.2, -0.15) is 23.3 Å². The van der Waals surface area contributed by atoms with E-state index in [1.54, 1.807) is 0 Å². The molecule has 196 valence electrons. The standard InChI is InChI=1S/C21H17F5N6O4S/c1-29-17-14(18(35)30(2)20(29)36)11(31(3)28-17)6-13(34)27-19-32(8-33)12(7-37-19)9-4-5-10(22)15(16(9)23)21(24,25)26/h4-5,7,33H,6,8H2,1-3H3/b27-19-. The van der Waals surface area contributed by atoms with Crippen LogP contribution < -0.4 is 16.1 Å². The lowest BCUT2D eigenvalue weighted by molar-refractivity contribution is -0.142. The van der Waals surface area contributed by atoms with Crippen molar-refractivity contribution in [3.63, 3.8) is 0 Å².